The Bertz CT molecular complexity index is 1170. The lowest BCUT2D eigenvalue weighted by Gasteiger charge is -2.08. The van der Waals surface area contributed by atoms with Gasteiger partial charge in [-0.1, -0.05) is 48.0 Å². The van der Waals surface area contributed by atoms with E-state index in [9.17, 15) is 14.4 Å². The molecule has 3 aromatic rings. The summed E-state index contributed by atoms with van der Waals surface area (Å²) < 4.78 is 5.47. The van der Waals surface area contributed by atoms with Crippen molar-refractivity contribution in [2.24, 2.45) is 5.10 Å². The third-order valence-electron chi connectivity index (χ3n) is 4.66. The molecule has 9 heteroatoms. The van der Waals surface area contributed by atoms with Gasteiger partial charge in [-0.15, -0.1) is 0 Å². The van der Waals surface area contributed by atoms with Gasteiger partial charge in [-0.25, -0.2) is 5.43 Å². The molecule has 0 aliphatic heterocycles. The molecule has 0 radical (unpaired) electrons. The Hall–Kier alpha value is -4.17. The van der Waals surface area contributed by atoms with Crippen molar-refractivity contribution < 1.29 is 19.1 Å². The Morgan fingerprint density at radius 1 is 0.886 bits per heavy atom. The van der Waals surface area contributed by atoms with E-state index in [1.54, 1.807) is 48.5 Å². The second-order valence-corrected chi connectivity index (χ2v) is 7.91. The van der Waals surface area contributed by atoms with E-state index < -0.39 is 5.91 Å². The zero-order valence-electron chi connectivity index (χ0n) is 18.9. The van der Waals surface area contributed by atoms with E-state index in [1.165, 1.54) is 6.21 Å². The molecule has 0 aliphatic rings. The smallest absolute Gasteiger partial charge is 0.262 e. The number of benzene rings is 3. The fourth-order valence-corrected chi connectivity index (χ4v) is 3.17. The third-order valence-corrected chi connectivity index (χ3v) is 4.90. The van der Waals surface area contributed by atoms with E-state index in [4.69, 9.17) is 16.3 Å². The molecule has 0 unspecified atom stereocenters. The number of hydrazone groups is 1. The third kappa shape index (κ3) is 9.69. The van der Waals surface area contributed by atoms with Crippen molar-refractivity contribution in [3.63, 3.8) is 0 Å². The summed E-state index contributed by atoms with van der Waals surface area (Å²) in [4.78, 5) is 35.7. The molecule has 3 rings (SSSR count). The number of halogens is 1. The number of ether oxygens (including phenoxy) is 1. The molecular formula is C26H25ClN4O4. The maximum atomic E-state index is 12.0. The summed E-state index contributed by atoms with van der Waals surface area (Å²) >= 11 is 5.90. The maximum absolute atomic E-state index is 12.0. The highest BCUT2D eigenvalue weighted by Gasteiger charge is 2.08. The molecular weight excluding hydrogens is 468 g/mol. The largest absolute Gasteiger partial charge is 0.484 e. The molecule has 0 atom stereocenters. The molecule has 0 aliphatic carbocycles. The minimum atomic E-state index is -0.510. The first-order valence-corrected chi connectivity index (χ1v) is 11.3. The number of carbonyl (C=O) groups excluding carboxylic acids is 3. The first kappa shape index (κ1) is 25.5. The van der Waals surface area contributed by atoms with Gasteiger partial charge in [0.15, 0.2) is 6.61 Å². The number of amides is 3. The van der Waals surface area contributed by atoms with Gasteiger partial charge in [-0.3, -0.25) is 14.4 Å². The zero-order chi connectivity index (χ0) is 24.9. The highest BCUT2D eigenvalue weighted by atomic mass is 35.5. The number of anilines is 1. The van der Waals surface area contributed by atoms with Gasteiger partial charge in [0.2, 0.25) is 11.8 Å². The predicted octanol–water partition coefficient (Wildman–Crippen LogP) is 3.56. The van der Waals surface area contributed by atoms with Crippen LogP contribution in [0.2, 0.25) is 5.02 Å². The van der Waals surface area contributed by atoms with Crippen LogP contribution >= 0.6 is 11.6 Å². The average Bonchev–Trinajstić information content (AvgIpc) is 2.84. The molecule has 35 heavy (non-hydrogen) atoms. The molecule has 3 N–H and O–H groups in total. The van der Waals surface area contributed by atoms with Crippen molar-refractivity contribution >= 4 is 41.2 Å². The van der Waals surface area contributed by atoms with Crippen LogP contribution in [0.3, 0.4) is 0 Å². The van der Waals surface area contributed by atoms with Crippen LogP contribution in [0.4, 0.5) is 5.69 Å². The molecule has 0 saturated heterocycles. The second kappa shape index (κ2) is 13.5. The summed E-state index contributed by atoms with van der Waals surface area (Å²) in [5.74, 6) is -0.692. The van der Waals surface area contributed by atoms with Crippen molar-refractivity contribution in [1.29, 1.82) is 0 Å². The lowest BCUT2D eigenvalue weighted by molar-refractivity contribution is -0.129. The minimum Gasteiger partial charge on any atom is -0.484 e. The lowest BCUT2D eigenvalue weighted by Crippen LogP contribution is -2.31. The normalized spacial score (nSPS) is 10.5. The lowest BCUT2D eigenvalue weighted by atomic mass is 10.1. The summed E-state index contributed by atoms with van der Waals surface area (Å²) in [6, 6.07) is 23.4. The highest BCUT2D eigenvalue weighted by Crippen LogP contribution is 2.15. The van der Waals surface area contributed by atoms with Crippen LogP contribution in [0.25, 0.3) is 0 Å². The molecule has 8 nitrogen and oxygen atoms in total. The standard InChI is InChI=1S/C26H25ClN4O4/c27-21-7-4-8-22(15-21)30-26(34)18-35-23-11-9-20(10-12-23)17-29-31-25(33)16-24(32)28-14-13-19-5-2-1-3-6-19/h1-12,15,17H,13-14,16,18H2,(H,28,32)(H,30,34)(H,31,33)/b29-17+. The quantitative estimate of drug-likeness (QED) is 0.216. The topological polar surface area (TPSA) is 109 Å². The number of nitrogens with zero attached hydrogens (tertiary/aromatic N) is 1. The zero-order valence-corrected chi connectivity index (χ0v) is 19.6. The molecule has 0 aromatic heterocycles. The van der Waals surface area contributed by atoms with Gasteiger partial charge < -0.3 is 15.4 Å². The number of nitrogens with one attached hydrogen (secondary N) is 3. The summed E-state index contributed by atoms with van der Waals surface area (Å²) in [7, 11) is 0. The van der Waals surface area contributed by atoms with Crippen LogP contribution in [-0.4, -0.2) is 37.1 Å². The van der Waals surface area contributed by atoms with E-state index in [1.807, 2.05) is 30.3 Å². The van der Waals surface area contributed by atoms with Crippen molar-refractivity contribution in [2.45, 2.75) is 12.8 Å². The van der Waals surface area contributed by atoms with Crippen molar-refractivity contribution in [3.05, 3.63) is 95.0 Å². The van der Waals surface area contributed by atoms with Gasteiger partial charge in [0, 0.05) is 17.3 Å². The SMILES string of the molecule is O=C(CC(=O)N/N=C/c1ccc(OCC(=O)Nc2cccc(Cl)c2)cc1)NCCc1ccccc1. The van der Waals surface area contributed by atoms with Crippen molar-refractivity contribution in [1.82, 2.24) is 10.7 Å². The average molecular weight is 493 g/mol. The minimum absolute atomic E-state index is 0.163. The number of hydrogen-bond donors (Lipinski definition) is 3. The van der Waals surface area contributed by atoms with Gasteiger partial charge >= 0.3 is 0 Å². The number of carbonyl (C=O) groups is 3. The van der Waals surface area contributed by atoms with Gasteiger partial charge in [-0.2, -0.15) is 5.10 Å². The van der Waals surface area contributed by atoms with E-state index in [-0.39, 0.29) is 24.8 Å². The molecule has 180 valence electrons. The summed E-state index contributed by atoms with van der Waals surface area (Å²) in [5.41, 5.74) is 4.73. The highest BCUT2D eigenvalue weighted by molar-refractivity contribution is 6.30. The molecule has 0 saturated carbocycles. The van der Waals surface area contributed by atoms with Crippen LogP contribution < -0.4 is 20.8 Å². The number of hydrogen-bond acceptors (Lipinski definition) is 5. The molecule has 0 heterocycles. The van der Waals surface area contributed by atoms with Crippen molar-refractivity contribution in [3.8, 4) is 5.75 Å². The number of rotatable bonds is 11. The van der Waals surface area contributed by atoms with Crippen LogP contribution in [0.15, 0.2) is 84.0 Å². The second-order valence-electron chi connectivity index (χ2n) is 7.47. The molecule has 3 aromatic carbocycles. The van der Waals surface area contributed by atoms with Gasteiger partial charge in [0.25, 0.3) is 5.91 Å². The van der Waals surface area contributed by atoms with Crippen LogP contribution in [-0.2, 0) is 20.8 Å². The Labute approximate surface area is 208 Å². The monoisotopic (exact) mass is 492 g/mol. The summed E-state index contributed by atoms with van der Waals surface area (Å²) in [5, 5.41) is 9.80. The van der Waals surface area contributed by atoms with Crippen molar-refractivity contribution in [2.75, 3.05) is 18.5 Å². The van der Waals surface area contributed by atoms with Crippen LogP contribution in [0.5, 0.6) is 5.75 Å². The predicted molar refractivity (Wildman–Crippen MR) is 136 cm³/mol. The van der Waals surface area contributed by atoms with Gasteiger partial charge in [-0.05, 0) is 60.0 Å². The van der Waals surface area contributed by atoms with E-state index in [2.05, 4.69) is 21.2 Å². The maximum Gasteiger partial charge on any atom is 0.262 e. The van der Waals surface area contributed by atoms with Crippen LogP contribution in [0, 0.1) is 0 Å². The molecule has 0 spiro atoms. The first-order chi connectivity index (χ1) is 17.0. The van der Waals surface area contributed by atoms with E-state index in [0.717, 1.165) is 5.56 Å². The van der Waals surface area contributed by atoms with Gasteiger partial charge in [0.05, 0.1) is 6.21 Å². The summed E-state index contributed by atoms with van der Waals surface area (Å²) in [6.07, 6.45) is 1.83. The Kier molecular flexibility index (Phi) is 9.83. The van der Waals surface area contributed by atoms with Crippen LogP contribution in [0.1, 0.15) is 17.5 Å². The Morgan fingerprint density at radius 2 is 1.66 bits per heavy atom. The molecule has 0 fully saturated rings. The van der Waals surface area contributed by atoms with Gasteiger partial charge in [0.1, 0.15) is 12.2 Å². The van der Waals surface area contributed by atoms with E-state index >= 15 is 0 Å². The van der Waals surface area contributed by atoms with E-state index in [0.29, 0.717) is 35.0 Å². The molecule has 0 bridgehead atoms. The summed E-state index contributed by atoms with van der Waals surface area (Å²) in [6.45, 7) is 0.291. The molecule has 3 amide bonds. The fourth-order valence-electron chi connectivity index (χ4n) is 2.98. The fraction of sp³-hybridized carbons (Fsp3) is 0.154. The Balaban J connectivity index is 1.33. The first-order valence-electron chi connectivity index (χ1n) is 10.9. The Morgan fingerprint density at radius 3 is 2.40 bits per heavy atom.